The number of ether oxygens (including phenoxy) is 1. The molecule has 0 saturated heterocycles. The first-order valence-electron chi connectivity index (χ1n) is 5.27. The number of amides is 1. The molecule has 0 heterocycles. The van der Waals surface area contributed by atoms with Crippen LogP contribution in [0, 0.1) is 6.92 Å². The number of nitrogens with one attached hydrogen (secondary N) is 1. The molecule has 0 aliphatic heterocycles. The van der Waals surface area contributed by atoms with Gasteiger partial charge in [-0.2, -0.15) is 0 Å². The molecule has 16 heavy (non-hydrogen) atoms. The first-order chi connectivity index (χ1) is 7.69. The van der Waals surface area contributed by atoms with Crippen LogP contribution in [0.1, 0.15) is 18.1 Å². The van der Waals surface area contributed by atoms with Crippen LogP contribution in [0.3, 0.4) is 0 Å². The SMILES string of the molecule is CCOC(=O)Nc1cccc(C)c1CCCl. The van der Waals surface area contributed by atoms with Crippen LogP contribution in [0.15, 0.2) is 18.2 Å². The Bertz CT molecular complexity index is 366. The average molecular weight is 242 g/mol. The first kappa shape index (κ1) is 12.8. The molecule has 0 fully saturated rings. The molecule has 0 atom stereocenters. The Morgan fingerprint density at radius 1 is 1.50 bits per heavy atom. The van der Waals surface area contributed by atoms with Crippen molar-refractivity contribution in [1.82, 2.24) is 0 Å². The predicted molar refractivity (Wildman–Crippen MR) is 66.2 cm³/mol. The van der Waals surface area contributed by atoms with Crippen LogP contribution in [0.25, 0.3) is 0 Å². The quantitative estimate of drug-likeness (QED) is 0.821. The number of halogens is 1. The minimum absolute atomic E-state index is 0.364. The summed E-state index contributed by atoms with van der Waals surface area (Å²) in [6, 6.07) is 5.75. The van der Waals surface area contributed by atoms with Crippen LogP contribution in [-0.2, 0) is 11.2 Å². The highest BCUT2D eigenvalue weighted by Crippen LogP contribution is 2.20. The fourth-order valence-electron chi connectivity index (χ4n) is 1.52. The summed E-state index contributed by atoms with van der Waals surface area (Å²) in [6.45, 7) is 4.14. The van der Waals surface area contributed by atoms with E-state index < -0.39 is 6.09 Å². The molecular formula is C12H16ClNO2. The molecule has 0 spiro atoms. The van der Waals surface area contributed by atoms with Crippen molar-refractivity contribution in [2.45, 2.75) is 20.3 Å². The molecule has 0 unspecified atom stereocenters. The maximum absolute atomic E-state index is 11.3. The predicted octanol–water partition coefficient (Wildman–Crippen LogP) is 3.34. The van der Waals surface area contributed by atoms with E-state index in [1.54, 1.807) is 6.92 Å². The zero-order valence-electron chi connectivity index (χ0n) is 9.55. The minimum atomic E-state index is -0.427. The highest BCUT2D eigenvalue weighted by Gasteiger charge is 2.08. The van der Waals surface area contributed by atoms with E-state index in [0.29, 0.717) is 12.5 Å². The van der Waals surface area contributed by atoms with Gasteiger partial charge < -0.3 is 4.74 Å². The summed E-state index contributed by atoms with van der Waals surface area (Å²) >= 11 is 5.73. The maximum atomic E-state index is 11.3. The Morgan fingerprint density at radius 2 is 2.25 bits per heavy atom. The summed E-state index contributed by atoms with van der Waals surface area (Å²) in [5.41, 5.74) is 2.96. The number of anilines is 1. The van der Waals surface area contributed by atoms with Gasteiger partial charge in [-0.15, -0.1) is 11.6 Å². The summed E-state index contributed by atoms with van der Waals surface area (Å²) in [5.74, 6) is 0.530. The fraction of sp³-hybridized carbons (Fsp3) is 0.417. The van der Waals surface area contributed by atoms with Crippen LogP contribution in [-0.4, -0.2) is 18.6 Å². The van der Waals surface area contributed by atoms with Crippen molar-refractivity contribution < 1.29 is 9.53 Å². The minimum Gasteiger partial charge on any atom is -0.450 e. The zero-order valence-corrected chi connectivity index (χ0v) is 10.3. The zero-order chi connectivity index (χ0) is 12.0. The van der Waals surface area contributed by atoms with E-state index in [0.717, 1.165) is 23.2 Å². The van der Waals surface area contributed by atoms with Crippen molar-refractivity contribution >= 4 is 23.4 Å². The number of carbonyl (C=O) groups excluding carboxylic acids is 1. The van der Waals surface area contributed by atoms with Crippen LogP contribution in [0.5, 0.6) is 0 Å². The lowest BCUT2D eigenvalue weighted by molar-refractivity contribution is 0.168. The third kappa shape index (κ3) is 3.42. The molecule has 3 nitrogen and oxygen atoms in total. The van der Waals surface area contributed by atoms with E-state index >= 15 is 0 Å². The molecule has 1 N–H and O–H groups in total. The van der Waals surface area contributed by atoms with Gasteiger partial charge in [-0.3, -0.25) is 5.32 Å². The van der Waals surface area contributed by atoms with Gasteiger partial charge >= 0.3 is 6.09 Å². The summed E-state index contributed by atoms with van der Waals surface area (Å²) in [6.07, 6.45) is 0.305. The van der Waals surface area contributed by atoms with Crippen molar-refractivity contribution in [2.75, 3.05) is 17.8 Å². The lowest BCUT2D eigenvalue weighted by Crippen LogP contribution is -2.15. The highest BCUT2D eigenvalue weighted by atomic mass is 35.5. The largest absolute Gasteiger partial charge is 0.450 e. The van der Waals surface area contributed by atoms with Gasteiger partial charge in [0.05, 0.1) is 6.61 Å². The Balaban J connectivity index is 2.85. The second-order valence-electron chi connectivity index (χ2n) is 3.39. The molecule has 0 saturated carbocycles. The molecular weight excluding hydrogens is 226 g/mol. The van der Waals surface area contributed by atoms with Gasteiger partial charge in [-0.25, -0.2) is 4.79 Å². The number of aryl methyl sites for hydroxylation is 1. The third-order valence-electron chi connectivity index (χ3n) is 2.27. The second kappa shape index (κ2) is 6.38. The Hall–Kier alpha value is -1.22. The lowest BCUT2D eigenvalue weighted by atomic mass is 10.0. The van der Waals surface area contributed by atoms with Crippen molar-refractivity contribution in [3.8, 4) is 0 Å². The molecule has 1 aromatic carbocycles. The molecule has 0 aliphatic rings. The maximum Gasteiger partial charge on any atom is 0.411 e. The molecule has 1 rings (SSSR count). The van der Waals surface area contributed by atoms with E-state index in [1.807, 2.05) is 25.1 Å². The topological polar surface area (TPSA) is 38.3 Å². The standard InChI is InChI=1S/C12H16ClNO2/c1-3-16-12(15)14-11-6-4-5-9(2)10(11)7-8-13/h4-6H,3,7-8H2,1-2H3,(H,14,15). The Morgan fingerprint density at radius 3 is 2.88 bits per heavy atom. The number of benzene rings is 1. The average Bonchev–Trinajstić information content (AvgIpc) is 2.23. The summed E-state index contributed by atoms with van der Waals surface area (Å²) in [4.78, 5) is 11.3. The number of carbonyl (C=O) groups is 1. The molecule has 0 aromatic heterocycles. The van der Waals surface area contributed by atoms with Crippen molar-refractivity contribution in [2.24, 2.45) is 0 Å². The van der Waals surface area contributed by atoms with Crippen LogP contribution in [0.4, 0.5) is 10.5 Å². The third-order valence-corrected chi connectivity index (χ3v) is 2.46. The smallest absolute Gasteiger partial charge is 0.411 e. The molecule has 0 bridgehead atoms. The summed E-state index contributed by atoms with van der Waals surface area (Å²) in [5, 5.41) is 2.72. The van der Waals surface area contributed by atoms with Gasteiger partial charge in [0, 0.05) is 11.6 Å². The Labute approximate surface area is 101 Å². The molecule has 4 heteroatoms. The fourth-order valence-corrected chi connectivity index (χ4v) is 1.71. The van der Waals surface area contributed by atoms with Gasteiger partial charge in [-0.05, 0) is 37.5 Å². The number of rotatable bonds is 4. The second-order valence-corrected chi connectivity index (χ2v) is 3.76. The molecule has 0 aliphatic carbocycles. The normalized spacial score (nSPS) is 9.94. The van der Waals surface area contributed by atoms with Crippen molar-refractivity contribution in [1.29, 1.82) is 0 Å². The lowest BCUT2D eigenvalue weighted by Gasteiger charge is -2.12. The van der Waals surface area contributed by atoms with Crippen LogP contribution in [0.2, 0.25) is 0 Å². The van der Waals surface area contributed by atoms with E-state index in [2.05, 4.69) is 5.32 Å². The summed E-state index contributed by atoms with van der Waals surface area (Å²) in [7, 11) is 0. The molecule has 88 valence electrons. The van der Waals surface area contributed by atoms with Crippen molar-refractivity contribution in [3.05, 3.63) is 29.3 Å². The molecule has 1 amide bonds. The number of hydrogen-bond donors (Lipinski definition) is 1. The van der Waals surface area contributed by atoms with E-state index in [1.165, 1.54) is 0 Å². The number of alkyl halides is 1. The molecule has 1 aromatic rings. The van der Waals surface area contributed by atoms with Crippen LogP contribution < -0.4 is 5.32 Å². The van der Waals surface area contributed by atoms with Gasteiger partial charge in [0.15, 0.2) is 0 Å². The van der Waals surface area contributed by atoms with Crippen LogP contribution >= 0.6 is 11.6 Å². The first-order valence-corrected chi connectivity index (χ1v) is 5.80. The number of hydrogen-bond acceptors (Lipinski definition) is 2. The van der Waals surface area contributed by atoms with Gasteiger partial charge in [0.25, 0.3) is 0 Å². The monoisotopic (exact) mass is 241 g/mol. The van der Waals surface area contributed by atoms with E-state index in [-0.39, 0.29) is 0 Å². The van der Waals surface area contributed by atoms with E-state index in [4.69, 9.17) is 16.3 Å². The van der Waals surface area contributed by atoms with Gasteiger partial charge in [-0.1, -0.05) is 12.1 Å². The summed E-state index contributed by atoms with van der Waals surface area (Å²) < 4.78 is 4.84. The van der Waals surface area contributed by atoms with Gasteiger partial charge in [0.2, 0.25) is 0 Å². The van der Waals surface area contributed by atoms with Gasteiger partial charge in [0.1, 0.15) is 0 Å². The Kier molecular flexibility index (Phi) is 5.12. The highest BCUT2D eigenvalue weighted by molar-refractivity contribution is 6.18. The van der Waals surface area contributed by atoms with E-state index in [9.17, 15) is 4.79 Å². The molecule has 0 radical (unpaired) electrons. The van der Waals surface area contributed by atoms with Crippen molar-refractivity contribution in [3.63, 3.8) is 0 Å².